The highest BCUT2D eigenvalue weighted by molar-refractivity contribution is 5.88. The molecule has 0 saturated heterocycles. The maximum absolute atomic E-state index is 11.8. The third kappa shape index (κ3) is 3.49. The van der Waals surface area contributed by atoms with E-state index in [0.717, 1.165) is 19.3 Å². The average Bonchev–Trinajstić information content (AvgIpc) is 2.75. The van der Waals surface area contributed by atoms with Gasteiger partial charge in [0.15, 0.2) is 11.3 Å². The van der Waals surface area contributed by atoms with Crippen molar-refractivity contribution in [3.05, 3.63) is 40.3 Å². The summed E-state index contributed by atoms with van der Waals surface area (Å²) >= 11 is 0. The summed E-state index contributed by atoms with van der Waals surface area (Å²) in [6, 6.07) is 4.85. The van der Waals surface area contributed by atoms with Gasteiger partial charge in [0.25, 0.3) is 0 Å². The Labute approximate surface area is 189 Å². The first kappa shape index (κ1) is 22.7. The van der Waals surface area contributed by atoms with Crippen LogP contribution in [0.25, 0.3) is 11.0 Å². The molecule has 6 nitrogen and oxygen atoms in total. The minimum atomic E-state index is -0.448. The zero-order chi connectivity index (χ0) is 23.3. The topological polar surface area (TPSA) is 78.1 Å². The van der Waals surface area contributed by atoms with Crippen molar-refractivity contribution in [3.63, 3.8) is 0 Å². The van der Waals surface area contributed by atoms with E-state index in [1.807, 2.05) is 0 Å². The third-order valence-corrected chi connectivity index (χ3v) is 8.14. The van der Waals surface area contributed by atoms with Crippen molar-refractivity contribution < 1.29 is 23.7 Å². The Morgan fingerprint density at radius 1 is 1.16 bits per heavy atom. The number of aliphatic hydroxyl groups is 1. The summed E-state index contributed by atoms with van der Waals surface area (Å²) in [5.41, 5.74) is 1.05. The monoisotopic (exact) mass is 442 g/mol. The summed E-state index contributed by atoms with van der Waals surface area (Å²) < 4.78 is 23.0. The van der Waals surface area contributed by atoms with Gasteiger partial charge in [0.2, 0.25) is 11.5 Å². The molecule has 2 aliphatic carbocycles. The lowest BCUT2D eigenvalue weighted by molar-refractivity contribution is -0.119. The lowest BCUT2D eigenvalue weighted by Gasteiger charge is -2.58. The maximum Gasteiger partial charge on any atom is 0.336 e. The van der Waals surface area contributed by atoms with E-state index < -0.39 is 5.63 Å². The number of allylic oxidation sites excluding steroid dienone is 1. The predicted molar refractivity (Wildman–Crippen MR) is 124 cm³/mol. The quantitative estimate of drug-likeness (QED) is 0.521. The lowest BCUT2D eigenvalue weighted by Crippen LogP contribution is -2.55. The summed E-state index contributed by atoms with van der Waals surface area (Å²) in [5.74, 6) is 1.86. The average molecular weight is 443 g/mol. The predicted octanol–water partition coefficient (Wildman–Crippen LogP) is 4.96. The van der Waals surface area contributed by atoms with Crippen LogP contribution in [0.3, 0.4) is 0 Å². The first-order chi connectivity index (χ1) is 15.1. The van der Waals surface area contributed by atoms with Gasteiger partial charge >= 0.3 is 5.63 Å². The van der Waals surface area contributed by atoms with Gasteiger partial charge in [0.1, 0.15) is 0 Å². The van der Waals surface area contributed by atoms with Crippen molar-refractivity contribution in [1.29, 1.82) is 0 Å². The van der Waals surface area contributed by atoms with Crippen LogP contribution in [0, 0.1) is 22.7 Å². The maximum atomic E-state index is 11.8. The highest BCUT2D eigenvalue weighted by Gasteiger charge is 2.55. The van der Waals surface area contributed by atoms with Crippen LogP contribution in [-0.4, -0.2) is 32.0 Å². The summed E-state index contributed by atoms with van der Waals surface area (Å²) in [5, 5.41) is 11.4. The van der Waals surface area contributed by atoms with Gasteiger partial charge in [-0.15, -0.1) is 0 Å². The molecule has 1 aromatic carbocycles. The van der Waals surface area contributed by atoms with Gasteiger partial charge in [-0.05, 0) is 55.1 Å². The van der Waals surface area contributed by atoms with E-state index >= 15 is 0 Å². The molecule has 6 heteroatoms. The summed E-state index contributed by atoms with van der Waals surface area (Å²) in [6.07, 6.45) is 4.71. The smallest absolute Gasteiger partial charge is 0.336 e. The third-order valence-electron chi connectivity index (χ3n) is 8.14. The molecule has 1 fully saturated rings. The van der Waals surface area contributed by atoms with Crippen LogP contribution in [0.5, 0.6) is 17.2 Å². The molecule has 0 spiro atoms. The number of hydrogen-bond acceptors (Lipinski definition) is 6. The number of aliphatic hydroxyl groups excluding tert-OH is 1. The highest BCUT2D eigenvalue weighted by Crippen LogP contribution is 2.59. The van der Waals surface area contributed by atoms with Crippen LogP contribution >= 0.6 is 0 Å². The number of rotatable bonds is 5. The number of ether oxygens (including phenoxy) is 3. The molecule has 0 radical (unpaired) electrons. The lowest BCUT2D eigenvalue weighted by atomic mass is 9.48. The van der Waals surface area contributed by atoms with Crippen molar-refractivity contribution in [2.75, 3.05) is 20.8 Å². The summed E-state index contributed by atoms with van der Waals surface area (Å²) in [6.45, 7) is 9.31. The first-order valence-electron chi connectivity index (χ1n) is 11.3. The van der Waals surface area contributed by atoms with E-state index in [1.54, 1.807) is 19.2 Å². The fraction of sp³-hybridized carbons (Fsp3) is 0.577. The Balaban J connectivity index is 1.72. The number of methoxy groups -OCH3 is 2. The van der Waals surface area contributed by atoms with Crippen molar-refractivity contribution in [2.45, 2.75) is 53.1 Å². The van der Waals surface area contributed by atoms with E-state index in [1.165, 1.54) is 18.7 Å². The second kappa shape index (κ2) is 8.14. The number of benzene rings is 1. The summed E-state index contributed by atoms with van der Waals surface area (Å²) in [7, 11) is 3.11. The standard InChI is InChI=1S/C26H34O6/c1-15-7-9-19-25(2,3)20(27)11-12-26(19,4)17(15)14-31-23-18(29-5)13-16-8-10-21(28)32-22(16)24(23)30-6/h7-8,10,13,17,19-20,27H,9,11-12,14H2,1-6H3/t17-,19+,20-,26-/m1/s1. The second-order valence-corrected chi connectivity index (χ2v) is 10.1. The SMILES string of the molecule is COc1cc2ccc(=O)oc2c(OC)c1OC[C@@H]1C(C)=CC[C@H]2C(C)(C)[C@H](O)CC[C@]12C. The Morgan fingerprint density at radius 2 is 1.91 bits per heavy atom. The van der Waals surface area contributed by atoms with Gasteiger partial charge in [0, 0.05) is 17.4 Å². The summed E-state index contributed by atoms with van der Waals surface area (Å²) in [4.78, 5) is 11.8. The molecule has 1 aromatic heterocycles. The van der Waals surface area contributed by atoms with Crippen LogP contribution in [0.4, 0.5) is 0 Å². The van der Waals surface area contributed by atoms with Crippen molar-refractivity contribution >= 4 is 11.0 Å². The van der Waals surface area contributed by atoms with E-state index in [2.05, 4.69) is 33.8 Å². The molecule has 174 valence electrons. The Kier molecular flexibility index (Phi) is 5.78. The van der Waals surface area contributed by atoms with E-state index in [-0.39, 0.29) is 22.9 Å². The van der Waals surface area contributed by atoms with E-state index in [4.69, 9.17) is 18.6 Å². The molecule has 2 aliphatic rings. The van der Waals surface area contributed by atoms with Gasteiger partial charge in [-0.3, -0.25) is 0 Å². The second-order valence-electron chi connectivity index (χ2n) is 10.1. The van der Waals surface area contributed by atoms with Crippen molar-refractivity contribution in [2.24, 2.45) is 22.7 Å². The minimum Gasteiger partial charge on any atom is -0.493 e. The van der Waals surface area contributed by atoms with Crippen LogP contribution in [0.2, 0.25) is 0 Å². The zero-order valence-corrected chi connectivity index (χ0v) is 19.9. The van der Waals surface area contributed by atoms with Crippen LogP contribution in [0.1, 0.15) is 47.0 Å². The van der Waals surface area contributed by atoms with Gasteiger partial charge in [-0.1, -0.05) is 32.4 Å². The molecule has 0 unspecified atom stereocenters. The van der Waals surface area contributed by atoms with E-state index in [9.17, 15) is 9.90 Å². The van der Waals surface area contributed by atoms with Gasteiger partial charge in [-0.25, -0.2) is 4.79 Å². The fourth-order valence-corrected chi connectivity index (χ4v) is 6.13. The molecule has 1 saturated carbocycles. The molecule has 1 N–H and O–H groups in total. The molecule has 4 atom stereocenters. The molecular weight excluding hydrogens is 408 g/mol. The molecule has 2 aromatic rings. The largest absolute Gasteiger partial charge is 0.493 e. The van der Waals surface area contributed by atoms with Gasteiger partial charge in [0.05, 0.1) is 26.9 Å². The molecule has 4 rings (SSSR count). The Bertz CT molecular complexity index is 1100. The van der Waals surface area contributed by atoms with Gasteiger partial charge < -0.3 is 23.7 Å². The van der Waals surface area contributed by atoms with Crippen LogP contribution in [-0.2, 0) is 0 Å². The molecule has 1 heterocycles. The number of hydrogen-bond donors (Lipinski definition) is 1. The first-order valence-corrected chi connectivity index (χ1v) is 11.3. The van der Waals surface area contributed by atoms with Crippen LogP contribution < -0.4 is 19.8 Å². The van der Waals surface area contributed by atoms with Crippen LogP contribution in [0.15, 0.2) is 39.1 Å². The number of fused-ring (bicyclic) bond motifs is 2. The van der Waals surface area contributed by atoms with Crippen molar-refractivity contribution in [1.82, 2.24) is 0 Å². The highest BCUT2D eigenvalue weighted by atomic mass is 16.5. The van der Waals surface area contributed by atoms with Crippen molar-refractivity contribution in [3.8, 4) is 17.2 Å². The minimum absolute atomic E-state index is 0.00540. The molecular formula is C26H34O6. The molecule has 32 heavy (non-hydrogen) atoms. The fourth-order valence-electron chi connectivity index (χ4n) is 6.13. The Hall–Kier alpha value is -2.47. The van der Waals surface area contributed by atoms with E-state index in [0.29, 0.717) is 40.7 Å². The zero-order valence-electron chi connectivity index (χ0n) is 19.9. The Morgan fingerprint density at radius 3 is 2.59 bits per heavy atom. The molecule has 0 aliphatic heterocycles. The van der Waals surface area contributed by atoms with Gasteiger partial charge in [-0.2, -0.15) is 0 Å². The molecule has 0 amide bonds. The molecule has 0 bridgehead atoms. The normalized spacial score (nSPS) is 29.2.